The van der Waals surface area contributed by atoms with E-state index in [-0.39, 0.29) is 36.6 Å². The highest BCUT2D eigenvalue weighted by molar-refractivity contribution is 5.87. The summed E-state index contributed by atoms with van der Waals surface area (Å²) in [6.45, 7) is 7.44. The van der Waals surface area contributed by atoms with Gasteiger partial charge < -0.3 is 19.7 Å². The second-order valence-electron chi connectivity index (χ2n) is 7.59. The number of rotatable bonds is 20. The lowest BCUT2D eigenvalue weighted by molar-refractivity contribution is -0.139. The fraction of sp³-hybridized carbons (Fsp3) is 0.905. The van der Waals surface area contributed by atoms with Gasteiger partial charge in [-0.15, -0.1) is 0 Å². The van der Waals surface area contributed by atoms with Crippen LogP contribution in [0.15, 0.2) is 0 Å². The molecule has 1 amide bonds. The number of hydroxylamine groups is 1. The smallest absolute Gasteiger partial charge is 0.226 e. The van der Waals surface area contributed by atoms with Gasteiger partial charge in [0.2, 0.25) is 5.91 Å². The van der Waals surface area contributed by atoms with E-state index < -0.39 is 0 Å². The molecule has 0 fully saturated rings. The van der Waals surface area contributed by atoms with Gasteiger partial charge in [-0.05, 0) is 32.4 Å². The lowest BCUT2D eigenvalue weighted by Crippen LogP contribution is -2.37. The van der Waals surface area contributed by atoms with Crippen molar-refractivity contribution in [3.8, 4) is 0 Å². The van der Waals surface area contributed by atoms with Gasteiger partial charge in [-0.25, -0.2) is 5.48 Å². The topological polar surface area (TPSA) is 89.1 Å². The first kappa shape index (κ1) is 27.9. The van der Waals surface area contributed by atoms with Crippen molar-refractivity contribution in [3.05, 3.63) is 0 Å². The van der Waals surface area contributed by atoms with Crippen LogP contribution in [-0.4, -0.2) is 83.9 Å². The summed E-state index contributed by atoms with van der Waals surface area (Å²) < 4.78 is 10.7. The fourth-order valence-electron chi connectivity index (χ4n) is 2.92. The standard InChI is InChI=1S/C21H43N3O5/c1-18(2)20(21(26)24(5)11-9-7-6-8-10-22-3)16-19(25)17-28-13-12-27-14-15-29-23-4/h18,20,22-23H,6-17H2,1-5H3. The summed E-state index contributed by atoms with van der Waals surface area (Å²) >= 11 is 0. The average molecular weight is 418 g/mol. The number of ketones is 1. The SMILES string of the molecule is CNCCCCCCN(C)C(=O)C(CC(=O)COCCOCCONC)C(C)C. The highest BCUT2D eigenvalue weighted by Gasteiger charge is 2.27. The molecule has 8 nitrogen and oxygen atoms in total. The second kappa shape index (κ2) is 18.9. The van der Waals surface area contributed by atoms with E-state index in [0.717, 1.165) is 32.4 Å². The number of hydrogen-bond acceptors (Lipinski definition) is 7. The van der Waals surface area contributed by atoms with Gasteiger partial charge in [-0.2, -0.15) is 0 Å². The average Bonchev–Trinajstić information content (AvgIpc) is 2.69. The van der Waals surface area contributed by atoms with Crippen molar-refractivity contribution in [2.75, 3.05) is 67.3 Å². The third-order valence-corrected chi connectivity index (χ3v) is 4.73. The number of nitrogens with one attached hydrogen (secondary N) is 2. The Kier molecular flexibility index (Phi) is 18.2. The monoisotopic (exact) mass is 417 g/mol. The van der Waals surface area contributed by atoms with E-state index in [0.29, 0.717) is 26.4 Å². The quantitative estimate of drug-likeness (QED) is 0.230. The third kappa shape index (κ3) is 15.4. The van der Waals surface area contributed by atoms with Crippen LogP contribution in [-0.2, 0) is 23.9 Å². The van der Waals surface area contributed by atoms with Crippen molar-refractivity contribution in [1.82, 2.24) is 15.7 Å². The Labute approximate surface area is 177 Å². The van der Waals surface area contributed by atoms with Crippen molar-refractivity contribution in [3.63, 3.8) is 0 Å². The van der Waals surface area contributed by atoms with Gasteiger partial charge in [0.1, 0.15) is 6.61 Å². The van der Waals surface area contributed by atoms with Crippen molar-refractivity contribution < 1.29 is 23.9 Å². The predicted octanol–water partition coefficient (Wildman–Crippen LogP) is 1.64. The van der Waals surface area contributed by atoms with E-state index in [1.54, 1.807) is 11.9 Å². The molecule has 0 aliphatic carbocycles. The summed E-state index contributed by atoms with van der Waals surface area (Å²) in [7, 11) is 5.48. The summed E-state index contributed by atoms with van der Waals surface area (Å²) in [5, 5.41) is 3.14. The van der Waals surface area contributed by atoms with Gasteiger partial charge in [-0.3, -0.25) is 14.4 Å². The number of ether oxygens (including phenoxy) is 2. The molecule has 0 aromatic carbocycles. The van der Waals surface area contributed by atoms with Crippen LogP contribution in [0.5, 0.6) is 0 Å². The number of Topliss-reactive ketones (excluding diaryl/α,β-unsaturated/α-hetero) is 1. The van der Waals surface area contributed by atoms with Gasteiger partial charge >= 0.3 is 0 Å². The van der Waals surface area contributed by atoms with Crippen LogP contribution in [0.3, 0.4) is 0 Å². The Morgan fingerprint density at radius 3 is 2.24 bits per heavy atom. The summed E-state index contributed by atoms with van der Waals surface area (Å²) in [5.74, 6) is -0.178. The lowest BCUT2D eigenvalue weighted by Gasteiger charge is -2.26. The van der Waals surface area contributed by atoms with Crippen molar-refractivity contribution in [2.45, 2.75) is 46.0 Å². The summed E-state index contributed by atoms with van der Waals surface area (Å²) in [4.78, 5) is 31.7. The van der Waals surface area contributed by atoms with Gasteiger partial charge in [0.05, 0.1) is 26.4 Å². The molecule has 0 aliphatic rings. The Bertz CT molecular complexity index is 421. The predicted molar refractivity (Wildman–Crippen MR) is 115 cm³/mol. The highest BCUT2D eigenvalue weighted by Crippen LogP contribution is 2.19. The zero-order chi connectivity index (χ0) is 21.9. The fourth-order valence-corrected chi connectivity index (χ4v) is 2.92. The molecule has 0 spiro atoms. The van der Waals surface area contributed by atoms with E-state index in [9.17, 15) is 9.59 Å². The Morgan fingerprint density at radius 2 is 1.59 bits per heavy atom. The molecule has 0 heterocycles. The first-order valence-corrected chi connectivity index (χ1v) is 10.8. The zero-order valence-electron chi connectivity index (χ0n) is 19.1. The van der Waals surface area contributed by atoms with Crippen LogP contribution in [0.2, 0.25) is 0 Å². The molecule has 0 rings (SSSR count). The zero-order valence-corrected chi connectivity index (χ0v) is 19.1. The van der Waals surface area contributed by atoms with Crippen LogP contribution < -0.4 is 10.8 Å². The lowest BCUT2D eigenvalue weighted by atomic mass is 9.89. The molecular weight excluding hydrogens is 374 g/mol. The van der Waals surface area contributed by atoms with Gasteiger partial charge in [0.15, 0.2) is 5.78 Å². The van der Waals surface area contributed by atoms with Crippen molar-refractivity contribution in [1.29, 1.82) is 0 Å². The molecule has 0 bridgehead atoms. The third-order valence-electron chi connectivity index (χ3n) is 4.73. The second-order valence-corrected chi connectivity index (χ2v) is 7.59. The largest absolute Gasteiger partial charge is 0.377 e. The maximum absolute atomic E-state index is 12.8. The summed E-state index contributed by atoms with van der Waals surface area (Å²) in [5.41, 5.74) is 2.56. The number of amides is 1. The van der Waals surface area contributed by atoms with E-state index in [1.165, 1.54) is 6.42 Å². The summed E-state index contributed by atoms with van der Waals surface area (Å²) in [6.07, 6.45) is 4.65. The van der Waals surface area contributed by atoms with Crippen molar-refractivity contribution in [2.24, 2.45) is 11.8 Å². The number of hydrogen-bond donors (Lipinski definition) is 2. The minimum Gasteiger partial charge on any atom is -0.377 e. The Balaban J connectivity index is 4.08. The minimum absolute atomic E-state index is 0.0159. The van der Waals surface area contributed by atoms with Crippen LogP contribution in [0, 0.1) is 11.8 Å². The first-order valence-electron chi connectivity index (χ1n) is 10.8. The Morgan fingerprint density at radius 1 is 0.931 bits per heavy atom. The molecule has 0 aromatic heterocycles. The molecule has 1 atom stereocenters. The minimum atomic E-state index is -0.296. The molecule has 0 aliphatic heterocycles. The molecule has 0 radical (unpaired) electrons. The summed E-state index contributed by atoms with van der Waals surface area (Å²) in [6, 6.07) is 0. The van der Waals surface area contributed by atoms with E-state index in [2.05, 4.69) is 10.8 Å². The molecule has 0 saturated heterocycles. The van der Waals surface area contributed by atoms with Gasteiger partial charge in [-0.1, -0.05) is 26.7 Å². The molecule has 2 N–H and O–H groups in total. The van der Waals surface area contributed by atoms with E-state index in [4.69, 9.17) is 14.3 Å². The molecule has 0 saturated carbocycles. The van der Waals surface area contributed by atoms with E-state index in [1.807, 2.05) is 27.9 Å². The molecule has 1 unspecified atom stereocenters. The van der Waals surface area contributed by atoms with Gasteiger partial charge in [0, 0.05) is 33.0 Å². The highest BCUT2D eigenvalue weighted by atomic mass is 16.7. The maximum atomic E-state index is 12.8. The molecular formula is C21H43N3O5. The number of unbranched alkanes of at least 4 members (excludes halogenated alkanes) is 3. The van der Waals surface area contributed by atoms with Crippen LogP contribution in [0.1, 0.15) is 46.0 Å². The first-order chi connectivity index (χ1) is 13.9. The molecule has 29 heavy (non-hydrogen) atoms. The molecule has 8 heteroatoms. The molecule has 172 valence electrons. The number of carbonyl (C=O) groups is 2. The maximum Gasteiger partial charge on any atom is 0.226 e. The van der Waals surface area contributed by atoms with Crippen LogP contribution in [0.4, 0.5) is 0 Å². The van der Waals surface area contributed by atoms with Crippen LogP contribution >= 0.6 is 0 Å². The molecule has 0 aromatic rings. The number of nitrogens with zero attached hydrogens (tertiary/aromatic N) is 1. The van der Waals surface area contributed by atoms with Gasteiger partial charge in [0.25, 0.3) is 0 Å². The van der Waals surface area contributed by atoms with Crippen LogP contribution in [0.25, 0.3) is 0 Å². The van der Waals surface area contributed by atoms with E-state index >= 15 is 0 Å². The normalized spacial score (nSPS) is 12.3. The van der Waals surface area contributed by atoms with Crippen molar-refractivity contribution >= 4 is 11.7 Å². The number of carbonyl (C=O) groups excluding carboxylic acids is 2. The Hall–Kier alpha value is -1.06.